The van der Waals surface area contributed by atoms with Crippen molar-refractivity contribution in [3.63, 3.8) is 0 Å². The maximum Gasteiger partial charge on any atom is 0.124 e. The lowest BCUT2D eigenvalue weighted by atomic mass is 9.76. The summed E-state index contributed by atoms with van der Waals surface area (Å²) in [6.07, 6.45) is 12.8. The average molecular weight is 827 g/mol. The minimum atomic E-state index is 0.896. The Balaban J connectivity index is 1.19. The van der Waals surface area contributed by atoms with Crippen LogP contribution in [0, 0.1) is 13.8 Å². The summed E-state index contributed by atoms with van der Waals surface area (Å²) in [7, 11) is 0. The molecule has 2 nitrogen and oxygen atoms in total. The molecule has 0 unspecified atom stereocenters. The quantitative estimate of drug-likeness (QED) is 0.123. The first-order valence-corrected chi connectivity index (χ1v) is 22.8. The molecule has 2 aliphatic carbocycles. The van der Waals surface area contributed by atoms with Crippen LogP contribution in [0.25, 0.3) is 102 Å². The third-order valence-corrected chi connectivity index (χ3v) is 14.6. The first kappa shape index (κ1) is 36.7. The third-order valence-electron chi connectivity index (χ3n) is 12.4. The molecule has 8 aromatic carbocycles. The number of aromatic nitrogens is 2. The fourth-order valence-electron chi connectivity index (χ4n) is 9.57. The molecule has 2 aliphatic rings. The highest BCUT2D eigenvalue weighted by Gasteiger charge is 2.28. The van der Waals surface area contributed by atoms with Gasteiger partial charge in [-0.2, -0.15) is 0 Å². The molecule has 0 N–H and O–H groups in total. The highest BCUT2D eigenvalue weighted by Crippen LogP contribution is 2.53. The molecule has 292 valence electrons. The Hall–Kier alpha value is -7.16. The zero-order chi connectivity index (χ0) is 41.3. The van der Waals surface area contributed by atoms with Gasteiger partial charge in [-0.1, -0.05) is 145 Å². The van der Waals surface area contributed by atoms with Crippen LogP contribution in [0.3, 0.4) is 0 Å². The zero-order valence-corrected chi connectivity index (χ0v) is 35.9. The predicted octanol–water partition coefficient (Wildman–Crippen LogP) is 16.5. The van der Waals surface area contributed by atoms with Crippen LogP contribution in [0.2, 0.25) is 0 Å². The van der Waals surface area contributed by atoms with Crippen LogP contribution >= 0.6 is 22.7 Å². The molecule has 0 atom stereocenters. The van der Waals surface area contributed by atoms with Crippen molar-refractivity contribution in [1.82, 2.24) is 9.97 Å². The summed E-state index contributed by atoms with van der Waals surface area (Å²) in [5, 5.41) is 9.54. The molecule has 0 saturated heterocycles. The molecule has 2 aromatic heterocycles. The third kappa shape index (κ3) is 6.08. The highest BCUT2D eigenvalue weighted by atomic mass is 32.1. The zero-order valence-electron chi connectivity index (χ0n) is 34.3. The summed E-state index contributed by atoms with van der Waals surface area (Å²) < 4.78 is 2.46. The first-order valence-electron chi connectivity index (χ1n) is 21.2. The van der Waals surface area contributed by atoms with Gasteiger partial charge in [0.25, 0.3) is 0 Å². The number of benzene rings is 8. The molecule has 0 aliphatic heterocycles. The van der Waals surface area contributed by atoms with Crippen molar-refractivity contribution in [2.75, 3.05) is 0 Å². The van der Waals surface area contributed by atoms with E-state index in [2.05, 4.69) is 189 Å². The second-order valence-corrected chi connectivity index (χ2v) is 18.4. The number of allylic oxidation sites excluding steroid dienone is 8. The second-order valence-electron chi connectivity index (χ2n) is 16.4. The molecule has 10 aromatic rings. The molecule has 12 rings (SSSR count). The van der Waals surface area contributed by atoms with Gasteiger partial charge in [0.15, 0.2) is 0 Å². The van der Waals surface area contributed by atoms with Crippen LogP contribution in [0.1, 0.15) is 40.1 Å². The van der Waals surface area contributed by atoms with Gasteiger partial charge >= 0.3 is 0 Å². The number of rotatable bonds is 6. The van der Waals surface area contributed by atoms with Crippen molar-refractivity contribution in [2.45, 2.75) is 26.7 Å². The van der Waals surface area contributed by atoms with Crippen molar-refractivity contribution in [3.05, 3.63) is 209 Å². The van der Waals surface area contributed by atoms with Gasteiger partial charge < -0.3 is 0 Å². The minimum Gasteiger partial charge on any atom is -0.236 e. The fourth-order valence-corrected chi connectivity index (χ4v) is 11.8. The number of hydrogen-bond donors (Lipinski definition) is 0. The topological polar surface area (TPSA) is 25.8 Å². The number of thiazole rings is 2. The smallest absolute Gasteiger partial charge is 0.124 e. The van der Waals surface area contributed by atoms with Crippen LogP contribution in [0.5, 0.6) is 0 Å². The molecular formula is C58H38N2S2. The van der Waals surface area contributed by atoms with Crippen molar-refractivity contribution >= 4 is 92.1 Å². The Labute approximate surface area is 368 Å². The molecule has 4 heteroatoms. The van der Waals surface area contributed by atoms with Crippen LogP contribution in [-0.2, 0) is 0 Å². The van der Waals surface area contributed by atoms with Gasteiger partial charge in [-0.15, -0.1) is 22.7 Å². The van der Waals surface area contributed by atoms with Gasteiger partial charge in [-0.05, 0) is 140 Å². The number of fused-ring (bicyclic) bond motifs is 5. The number of hydrogen-bond acceptors (Lipinski definition) is 4. The van der Waals surface area contributed by atoms with E-state index < -0.39 is 0 Å². The lowest BCUT2D eigenvalue weighted by Gasteiger charge is -2.26. The maximum absolute atomic E-state index is 5.10. The Bertz CT molecular complexity index is 3710. The molecule has 0 saturated carbocycles. The van der Waals surface area contributed by atoms with E-state index in [1.807, 2.05) is 6.08 Å². The summed E-state index contributed by atoms with van der Waals surface area (Å²) in [6.45, 7) is 4.29. The van der Waals surface area contributed by atoms with E-state index in [-0.39, 0.29) is 0 Å². The fraction of sp³-hybridized carbons (Fsp3) is 0.0690. The van der Waals surface area contributed by atoms with Crippen molar-refractivity contribution in [3.8, 4) is 32.8 Å². The summed E-state index contributed by atoms with van der Waals surface area (Å²) in [5.74, 6) is 0. The van der Waals surface area contributed by atoms with E-state index in [0.29, 0.717) is 0 Å². The molecule has 2 heterocycles. The van der Waals surface area contributed by atoms with E-state index in [9.17, 15) is 0 Å². The SMILES string of the molecule is Cc1ccc2nc(C3=CC=C(c4c5ccccc5c(-c5ccc(-c6nc7ccc(C)cc7s6)cc5)c5c(-c6ccccc6)c6ccccc6c(C6=C=C=CC=C6)c45)CC3)sc2c1. The summed E-state index contributed by atoms with van der Waals surface area (Å²) in [5.41, 5.74) is 23.6. The Morgan fingerprint density at radius 2 is 1.00 bits per heavy atom. The van der Waals surface area contributed by atoms with Gasteiger partial charge in [0.2, 0.25) is 0 Å². The first-order chi connectivity index (χ1) is 30.6. The lowest BCUT2D eigenvalue weighted by Crippen LogP contribution is -2.02. The van der Waals surface area contributed by atoms with Crippen LogP contribution in [-0.4, -0.2) is 9.97 Å². The van der Waals surface area contributed by atoms with Crippen LogP contribution in [0.4, 0.5) is 0 Å². The van der Waals surface area contributed by atoms with E-state index in [1.165, 1.54) is 97.4 Å². The van der Waals surface area contributed by atoms with Crippen molar-refractivity contribution in [1.29, 1.82) is 0 Å². The van der Waals surface area contributed by atoms with Crippen molar-refractivity contribution < 1.29 is 0 Å². The predicted molar refractivity (Wildman–Crippen MR) is 267 cm³/mol. The Morgan fingerprint density at radius 1 is 0.484 bits per heavy atom. The van der Waals surface area contributed by atoms with E-state index >= 15 is 0 Å². The van der Waals surface area contributed by atoms with Gasteiger partial charge in [0.05, 0.1) is 20.4 Å². The molecular weight excluding hydrogens is 789 g/mol. The Morgan fingerprint density at radius 3 is 1.61 bits per heavy atom. The monoisotopic (exact) mass is 826 g/mol. The average Bonchev–Trinajstić information content (AvgIpc) is 3.95. The molecule has 0 radical (unpaired) electrons. The summed E-state index contributed by atoms with van der Waals surface area (Å²) >= 11 is 3.56. The van der Waals surface area contributed by atoms with Gasteiger partial charge in [0.1, 0.15) is 10.0 Å². The second kappa shape index (κ2) is 14.8. The molecule has 0 spiro atoms. The van der Waals surface area contributed by atoms with E-state index in [1.54, 1.807) is 22.7 Å². The lowest BCUT2D eigenvalue weighted by molar-refractivity contribution is 1.07. The standard InChI is InChI=1S/C58H38N2S2/c1-35-21-31-47-49(33-35)61-57(59-47)41-27-23-39(24-28-41)53-45-19-11-12-20-46(45)54(40-25-29-42(30-26-40)58-60-48-32-22-36(2)34-50(48)62-58)56-52(38-15-7-4-8-16-38)44-18-10-9-17-43(44)51(55(53)56)37-13-5-3-6-14-37/h3-7,9-15,17-25,27-29,31-34H,26,30H2,1-2H3. The van der Waals surface area contributed by atoms with Gasteiger partial charge in [-0.25, -0.2) is 9.97 Å². The van der Waals surface area contributed by atoms with Gasteiger partial charge in [-0.3, -0.25) is 0 Å². The highest BCUT2D eigenvalue weighted by molar-refractivity contribution is 7.21. The summed E-state index contributed by atoms with van der Waals surface area (Å²) in [4.78, 5) is 10.2. The van der Waals surface area contributed by atoms with Crippen molar-refractivity contribution in [2.24, 2.45) is 0 Å². The van der Waals surface area contributed by atoms with E-state index in [0.717, 1.165) is 45.0 Å². The van der Waals surface area contributed by atoms with E-state index in [4.69, 9.17) is 9.97 Å². The normalized spacial score (nSPS) is 13.7. The van der Waals surface area contributed by atoms with Crippen LogP contribution < -0.4 is 0 Å². The molecule has 0 amide bonds. The minimum absolute atomic E-state index is 0.896. The van der Waals surface area contributed by atoms with Gasteiger partial charge in [0, 0.05) is 22.1 Å². The molecule has 0 bridgehead atoms. The molecule has 62 heavy (non-hydrogen) atoms. The largest absolute Gasteiger partial charge is 0.236 e. The van der Waals surface area contributed by atoms with Crippen LogP contribution in [0.15, 0.2) is 181 Å². The number of nitrogens with zero attached hydrogens (tertiary/aromatic N) is 2. The number of aryl methyl sites for hydroxylation is 2. The summed E-state index contributed by atoms with van der Waals surface area (Å²) in [6, 6.07) is 51.2. The Kier molecular flexibility index (Phi) is 8.74. The molecule has 0 fully saturated rings. The maximum atomic E-state index is 5.10.